The molecule has 2 heterocycles. The predicted molar refractivity (Wildman–Crippen MR) is 69.3 cm³/mol. The molecule has 0 radical (unpaired) electrons. The Morgan fingerprint density at radius 2 is 2.33 bits per heavy atom. The lowest BCUT2D eigenvalue weighted by atomic mass is 10.3. The lowest BCUT2D eigenvalue weighted by molar-refractivity contribution is 0.102. The van der Waals surface area contributed by atoms with Crippen LogP contribution in [0.25, 0.3) is 0 Å². The van der Waals surface area contributed by atoms with Gasteiger partial charge in [0.2, 0.25) is 5.13 Å². The number of amides is 1. The van der Waals surface area contributed by atoms with Crippen LogP contribution in [0.5, 0.6) is 0 Å². The van der Waals surface area contributed by atoms with Gasteiger partial charge in [0.1, 0.15) is 10.7 Å². The number of nitrogens with zero attached hydrogens (tertiary/aromatic N) is 3. The summed E-state index contributed by atoms with van der Waals surface area (Å²) in [4.78, 5) is 15.8. The van der Waals surface area contributed by atoms with Crippen LogP contribution in [0, 0.1) is 0 Å². The molecule has 2 aromatic rings. The monoisotopic (exact) mass is 264 g/mol. The van der Waals surface area contributed by atoms with Crippen LogP contribution >= 0.6 is 11.3 Å². The minimum atomic E-state index is -0.342. The van der Waals surface area contributed by atoms with E-state index in [1.807, 2.05) is 6.92 Å². The predicted octanol–water partition coefficient (Wildman–Crippen LogP) is 1.03. The van der Waals surface area contributed by atoms with Crippen LogP contribution in [0.2, 0.25) is 0 Å². The number of carbonyl (C=O) groups is 1. The molecule has 0 spiro atoms. The molecule has 0 saturated carbocycles. The number of aromatic nitrogens is 3. The Hall–Kier alpha value is -2.06. The molecular weight excluding hydrogens is 252 g/mol. The smallest absolute Gasteiger partial charge is 0.276 e. The minimum absolute atomic E-state index is 0.263. The van der Waals surface area contributed by atoms with Crippen molar-refractivity contribution < 1.29 is 4.79 Å². The number of pyridine rings is 1. The molecule has 1 amide bonds. The molecular formula is C10H12N6OS. The van der Waals surface area contributed by atoms with Gasteiger partial charge in [0.15, 0.2) is 0 Å². The summed E-state index contributed by atoms with van der Waals surface area (Å²) in [5, 5.41) is 11.8. The van der Waals surface area contributed by atoms with Crippen molar-refractivity contribution >= 4 is 28.1 Å². The van der Waals surface area contributed by atoms with Crippen molar-refractivity contribution in [1.29, 1.82) is 0 Å². The number of rotatable bonds is 4. The Balaban J connectivity index is 2.11. The SMILES string of the molecule is CCc1nnc(NC(=O)c2cc(NN)ccn2)s1. The molecule has 2 rings (SSSR count). The molecule has 0 bridgehead atoms. The molecule has 8 heteroatoms. The first-order valence-electron chi connectivity index (χ1n) is 5.29. The Kier molecular flexibility index (Phi) is 3.80. The third kappa shape index (κ3) is 2.79. The zero-order valence-corrected chi connectivity index (χ0v) is 10.5. The van der Waals surface area contributed by atoms with E-state index in [1.54, 1.807) is 12.1 Å². The van der Waals surface area contributed by atoms with Gasteiger partial charge in [0.25, 0.3) is 5.91 Å². The van der Waals surface area contributed by atoms with Crippen molar-refractivity contribution in [2.24, 2.45) is 5.84 Å². The first-order chi connectivity index (χ1) is 8.72. The maximum Gasteiger partial charge on any atom is 0.276 e. The van der Waals surface area contributed by atoms with E-state index in [0.29, 0.717) is 10.8 Å². The highest BCUT2D eigenvalue weighted by Crippen LogP contribution is 2.16. The fourth-order valence-electron chi connectivity index (χ4n) is 1.25. The lowest BCUT2D eigenvalue weighted by Gasteiger charge is -2.02. The van der Waals surface area contributed by atoms with Crippen LogP contribution < -0.4 is 16.6 Å². The third-order valence-electron chi connectivity index (χ3n) is 2.15. The molecule has 94 valence electrons. The highest BCUT2D eigenvalue weighted by Gasteiger charge is 2.11. The van der Waals surface area contributed by atoms with Gasteiger partial charge in [-0.1, -0.05) is 18.3 Å². The summed E-state index contributed by atoms with van der Waals surface area (Å²) in [6.07, 6.45) is 2.29. The van der Waals surface area contributed by atoms with E-state index in [-0.39, 0.29) is 11.6 Å². The van der Waals surface area contributed by atoms with Crippen molar-refractivity contribution in [3.05, 3.63) is 29.0 Å². The Morgan fingerprint density at radius 3 is 3.00 bits per heavy atom. The average molecular weight is 264 g/mol. The lowest BCUT2D eigenvalue weighted by Crippen LogP contribution is -2.15. The first kappa shape index (κ1) is 12.4. The van der Waals surface area contributed by atoms with Gasteiger partial charge in [-0.2, -0.15) is 0 Å². The van der Waals surface area contributed by atoms with Gasteiger partial charge in [0, 0.05) is 6.20 Å². The van der Waals surface area contributed by atoms with E-state index in [9.17, 15) is 4.79 Å². The summed E-state index contributed by atoms with van der Waals surface area (Å²) >= 11 is 1.34. The van der Waals surface area contributed by atoms with E-state index >= 15 is 0 Å². The minimum Gasteiger partial charge on any atom is -0.324 e. The summed E-state index contributed by atoms with van der Waals surface area (Å²) in [6.45, 7) is 1.98. The molecule has 7 nitrogen and oxygen atoms in total. The molecule has 2 aromatic heterocycles. The Bertz CT molecular complexity index is 555. The van der Waals surface area contributed by atoms with Gasteiger partial charge in [-0.05, 0) is 18.6 Å². The number of aryl methyl sites for hydroxylation is 1. The number of nitrogen functional groups attached to an aromatic ring is 1. The fourth-order valence-corrected chi connectivity index (χ4v) is 1.93. The van der Waals surface area contributed by atoms with Crippen LogP contribution in [0.1, 0.15) is 22.4 Å². The second-order valence-corrected chi connectivity index (χ2v) is 4.44. The topological polar surface area (TPSA) is 106 Å². The second kappa shape index (κ2) is 5.52. The van der Waals surface area contributed by atoms with Crippen molar-refractivity contribution in [3.63, 3.8) is 0 Å². The van der Waals surface area contributed by atoms with E-state index in [0.717, 1.165) is 11.4 Å². The zero-order chi connectivity index (χ0) is 13.0. The van der Waals surface area contributed by atoms with Crippen LogP contribution in [-0.4, -0.2) is 21.1 Å². The Labute approximate surface area is 107 Å². The van der Waals surface area contributed by atoms with E-state index in [2.05, 4.69) is 25.9 Å². The maximum atomic E-state index is 11.9. The molecule has 18 heavy (non-hydrogen) atoms. The molecule has 0 saturated heterocycles. The van der Waals surface area contributed by atoms with Gasteiger partial charge >= 0.3 is 0 Å². The number of nitrogens with two attached hydrogens (primary N) is 1. The summed E-state index contributed by atoms with van der Waals surface area (Å²) in [5.74, 6) is 4.92. The summed E-state index contributed by atoms with van der Waals surface area (Å²) in [7, 11) is 0. The fraction of sp³-hybridized carbons (Fsp3) is 0.200. The zero-order valence-electron chi connectivity index (χ0n) is 9.67. The van der Waals surface area contributed by atoms with Gasteiger partial charge < -0.3 is 5.43 Å². The molecule has 0 atom stereocenters. The van der Waals surface area contributed by atoms with Gasteiger partial charge in [-0.25, -0.2) is 0 Å². The highest BCUT2D eigenvalue weighted by atomic mass is 32.1. The molecule has 0 aliphatic heterocycles. The molecule has 4 N–H and O–H groups in total. The molecule has 0 aliphatic rings. The van der Waals surface area contributed by atoms with Gasteiger partial charge in [0.05, 0.1) is 5.69 Å². The summed E-state index contributed by atoms with van der Waals surface area (Å²) in [5.41, 5.74) is 3.33. The summed E-state index contributed by atoms with van der Waals surface area (Å²) in [6, 6.07) is 3.22. The summed E-state index contributed by atoms with van der Waals surface area (Å²) < 4.78 is 0. The number of anilines is 2. The number of hydrogen-bond acceptors (Lipinski definition) is 7. The van der Waals surface area contributed by atoms with Gasteiger partial charge in [-0.3, -0.25) is 20.9 Å². The van der Waals surface area contributed by atoms with Crippen LogP contribution in [0.3, 0.4) is 0 Å². The standard InChI is InChI=1S/C10H12N6OS/c1-2-8-15-16-10(18-8)13-9(17)7-5-6(14-11)3-4-12-7/h3-5H,2,11H2,1H3,(H,12,14)(H,13,16,17). The second-order valence-electron chi connectivity index (χ2n) is 3.38. The molecule has 0 aliphatic carbocycles. The van der Waals surface area contributed by atoms with Crippen LogP contribution in [0.4, 0.5) is 10.8 Å². The molecule has 0 fully saturated rings. The average Bonchev–Trinajstić information content (AvgIpc) is 2.86. The number of hydrogen-bond donors (Lipinski definition) is 3. The molecule has 0 aromatic carbocycles. The Morgan fingerprint density at radius 1 is 1.50 bits per heavy atom. The third-order valence-corrected chi connectivity index (χ3v) is 3.13. The maximum absolute atomic E-state index is 11.9. The number of nitrogens with one attached hydrogen (secondary N) is 2. The van der Waals surface area contributed by atoms with Crippen molar-refractivity contribution in [3.8, 4) is 0 Å². The van der Waals surface area contributed by atoms with E-state index < -0.39 is 0 Å². The van der Waals surface area contributed by atoms with Crippen molar-refractivity contribution in [2.75, 3.05) is 10.7 Å². The van der Waals surface area contributed by atoms with Crippen molar-refractivity contribution in [1.82, 2.24) is 15.2 Å². The number of hydrazine groups is 1. The van der Waals surface area contributed by atoms with Crippen molar-refractivity contribution in [2.45, 2.75) is 13.3 Å². The van der Waals surface area contributed by atoms with E-state index in [1.165, 1.54) is 17.5 Å². The van der Waals surface area contributed by atoms with Crippen LogP contribution in [0.15, 0.2) is 18.3 Å². The molecule has 0 unspecified atom stereocenters. The van der Waals surface area contributed by atoms with Crippen LogP contribution in [-0.2, 0) is 6.42 Å². The number of carbonyl (C=O) groups excluding carboxylic acids is 1. The quantitative estimate of drug-likeness (QED) is 0.562. The highest BCUT2D eigenvalue weighted by molar-refractivity contribution is 7.15. The first-order valence-corrected chi connectivity index (χ1v) is 6.11. The van der Waals surface area contributed by atoms with Gasteiger partial charge in [-0.15, -0.1) is 10.2 Å². The largest absolute Gasteiger partial charge is 0.324 e. The normalized spacial score (nSPS) is 10.1. The van der Waals surface area contributed by atoms with E-state index in [4.69, 9.17) is 5.84 Å².